The van der Waals surface area contributed by atoms with E-state index in [-0.39, 0.29) is 5.56 Å². The van der Waals surface area contributed by atoms with Crippen LogP contribution in [0.15, 0.2) is 17.2 Å². The second-order valence-corrected chi connectivity index (χ2v) is 5.08. The van der Waals surface area contributed by atoms with E-state index in [0.29, 0.717) is 12.4 Å². The van der Waals surface area contributed by atoms with Crippen molar-refractivity contribution in [2.45, 2.75) is 33.2 Å². The third-order valence-corrected chi connectivity index (χ3v) is 3.83. The number of aryl methyl sites for hydroxylation is 1. The van der Waals surface area contributed by atoms with Crippen LogP contribution in [0.3, 0.4) is 0 Å². The lowest BCUT2D eigenvalue weighted by molar-refractivity contribution is 0.384. The Morgan fingerprint density at radius 2 is 2.11 bits per heavy atom. The summed E-state index contributed by atoms with van der Waals surface area (Å²) < 4.78 is 1.72. The molecule has 1 saturated heterocycles. The van der Waals surface area contributed by atoms with Gasteiger partial charge in [0.25, 0.3) is 5.56 Å². The van der Waals surface area contributed by atoms with E-state index >= 15 is 0 Å². The number of aromatic nitrogens is 2. The topological polar surface area (TPSA) is 50.2 Å². The molecule has 1 aromatic rings. The van der Waals surface area contributed by atoms with E-state index in [1.54, 1.807) is 17.0 Å². The van der Waals surface area contributed by atoms with Crippen LogP contribution in [0.4, 0.5) is 5.82 Å². The highest BCUT2D eigenvalue weighted by atomic mass is 16.1. The molecule has 1 aliphatic rings. The summed E-state index contributed by atoms with van der Waals surface area (Å²) in [7, 11) is 0. The minimum Gasteiger partial charge on any atom is -0.352 e. The number of piperidine rings is 1. The van der Waals surface area contributed by atoms with Crippen molar-refractivity contribution in [3.05, 3.63) is 22.7 Å². The van der Waals surface area contributed by atoms with E-state index < -0.39 is 0 Å². The van der Waals surface area contributed by atoms with Gasteiger partial charge in [-0.15, -0.1) is 0 Å². The van der Waals surface area contributed by atoms with Crippen molar-refractivity contribution in [1.29, 1.82) is 0 Å². The molecule has 0 saturated carbocycles. The summed E-state index contributed by atoms with van der Waals surface area (Å²) in [4.78, 5) is 18.6. The molecule has 19 heavy (non-hydrogen) atoms. The molecule has 0 radical (unpaired) electrons. The van der Waals surface area contributed by atoms with Gasteiger partial charge in [0.05, 0.1) is 0 Å². The molecule has 0 unspecified atom stereocenters. The standard InChI is InChI=1S/C14H24N4O/c1-3-15-11-12-5-8-18(9-6-12)13-14(19)17(4-2)10-7-16-13/h7,10,12,15H,3-6,8-9,11H2,1-2H3. The Balaban J connectivity index is 2.00. The Kier molecular flexibility index (Phi) is 4.96. The highest BCUT2D eigenvalue weighted by Crippen LogP contribution is 2.19. The lowest BCUT2D eigenvalue weighted by atomic mass is 9.97. The van der Waals surface area contributed by atoms with Crippen molar-refractivity contribution < 1.29 is 0 Å². The van der Waals surface area contributed by atoms with E-state index in [2.05, 4.69) is 22.1 Å². The first-order chi connectivity index (χ1) is 9.26. The Morgan fingerprint density at radius 1 is 1.37 bits per heavy atom. The van der Waals surface area contributed by atoms with Crippen LogP contribution in [0.1, 0.15) is 26.7 Å². The molecular weight excluding hydrogens is 240 g/mol. The van der Waals surface area contributed by atoms with Gasteiger partial charge in [-0.3, -0.25) is 4.79 Å². The van der Waals surface area contributed by atoms with Crippen LogP contribution < -0.4 is 15.8 Å². The largest absolute Gasteiger partial charge is 0.352 e. The SMILES string of the molecule is CCNCC1CCN(c2nccn(CC)c2=O)CC1. The predicted octanol–water partition coefficient (Wildman–Crippen LogP) is 1.09. The second kappa shape index (κ2) is 6.70. The number of nitrogens with zero attached hydrogens (tertiary/aromatic N) is 3. The van der Waals surface area contributed by atoms with Gasteiger partial charge in [-0.2, -0.15) is 0 Å². The smallest absolute Gasteiger partial charge is 0.293 e. The summed E-state index contributed by atoms with van der Waals surface area (Å²) >= 11 is 0. The maximum Gasteiger partial charge on any atom is 0.293 e. The minimum atomic E-state index is 0.0372. The molecular formula is C14H24N4O. The van der Waals surface area contributed by atoms with Gasteiger partial charge in [-0.1, -0.05) is 6.92 Å². The van der Waals surface area contributed by atoms with Crippen LogP contribution in [-0.4, -0.2) is 35.7 Å². The van der Waals surface area contributed by atoms with Crippen LogP contribution in [0.5, 0.6) is 0 Å². The predicted molar refractivity (Wildman–Crippen MR) is 77.7 cm³/mol. The summed E-state index contributed by atoms with van der Waals surface area (Å²) in [6.45, 7) is 8.81. The van der Waals surface area contributed by atoms with Gasteiger partial charge in [0.2, 0.25) is 0 Å². The van der Waals surface area contributed by atoms with Crippen molar-refractivity contribution in [1.82, 2.24) is 14.9 Å². The monoisotopic (exact) mass is 264 g/mol. The average Bonchev–Trinajstić information content (AvgIpc) is 2.46. The van der Waals surface area contributed by atoms with E-state index in [9.17, 15) is 4.79 Å². The van der Waals surface area contributed by atoms with Crippen LogP contribution in [-0.2, 0) is 6.54 Å². The van der Waals surface area contributed by atoms with Crippen molar-refractivity contribution in [2.24, 2.45) is 5.92 Å². The molecule has 0 bridgehead atoms. The summed E-state index contributed by atoms with van der Waals surface area (Å²) in [5.74, 6) is 1.35. The Morgan fingerprint density at radius 3 is 2.74 bits per heavy atom. The normalized spacial score (nSPS) is 16.8. The molecule has 0 amide bonds. The highest BCUT2D eigenvalue weighted by Gasteiger charge is 2.21. The van der Waals surface area contributed by atoms with Crippen LogP contribution >= 0.6 is 0 Å². The number of rotatable bonds is 5. The quantitative estimate of drug-likeness (QED) is 0.865. The fourth-order valence-electron chi connectivity index (χ4n) is 2.60. The molecule has 2 heterocycles. The summed E-state index contributed by atoms with van der Waals surface area (Å²) in [5, 5.41) is 3.40. The second-order valence-electron chi connectivity index (χ2n) is 5.08. The van der Waals surface area contributed by atoms with Crippen molar-refractivity contribution in [2.75, 3.05) is 31.1 Å². The molecule has 0 aliphatic carbocycles. The average molecular weight is 264 g/mol. The molecule has 2 rings (SSSR count). The number of hydrogen-bond acceptors (Lipinski definition) is 4. The summed E-state index contributed by atoms with van der Waals surface area (Å²) in [5.41, 5.74) is 0.0372. The third-order valence-electron chi connectivity index (χ3n) is 3.83. The van der Waals surface area contributed by atoms with Gasteiger partial charge in [0, 0.05) is 32.0 Å². The molecule has 1 N–H and O–H groups in total. The summed E-state index contributed by atoms with van der Waals surface area (Å²) in [6, 6.07) is 0. The maximum atomic E-state index is 12.2. The zero-order valence-electron chi connectivity index (χ0n) is 11.9. The van der Waals surface area contributed by atoms with Gasteiger partial charge in [0.15, 0.2) is 5.82 Å². The molecule has 5 heteroatoms. The van der Waals surface area contributed by atoms with Crippen LogP contribution in [0.25, 0.3) is 0 Å². The lowest BCUT2D eigenvalue weighted by Gasteiger charge is -2.32. The first kappa shape index (κ1) is 14.1. The zero-order valence-corrected chi connectivity index (χ0v) is 11.9. The molecule has 0 atom stereocenters. The molecule has 1 aliphatic heterocycles. The summed E-state index contributed by atoms with van der Waals surface area (Å²) in [6.07, 6.45) is 5.75. The lowest BCUT2D eigenvalue weighted by Crippen LogP contribution is -2.41. The van der Waals surface area contributed by atoms with Crippen LogP contribution in [0.2, 0.25) is 0 Å². The molecule has 1 aromatic heterocycles. The third kappa shape index (κ3) is 3.35. The fourth-order valence-corrected chi connectivity index (χ4v) is 2.60. The van der Waals surface area contributed by atoms with Crippen molar-refractivity contribution in [3.63, 3.8) is 0 Å². The van der Waals surface area contributed by atoms with Gasteiger partial charge in [-0.05, 0) is 38.8 Å². The van der Waals surface area contributed by atoms with Gasteiger partial charge < -0.3 is 14.8 Å². The molecule has 1 fully saturated rings. The Bertz CT molecular complexity index is 449. The van der Waals surface area contributed by atoms with E-state index in [1.165, 1.54) is 0 Å². The first-order valence-corrected chi connectivity index (χ1v) is 7.27. The van der Waals surface area contributed by atoms with Crippen molar-refractivity contribution >= 4 is 5.82 Å². The number of hydrogen-bond donors (Lipinski definition) is 1. The first-order valence-electron chi connectivity index (χ1n) is 7.27. The molecule has 106 valence electrons. The zero-order chi connectivity index (χ0) is 13.7. The minimum absolute atomic E-state index is 0.0372. The van der Waals surface area contributed by atoms with E-state index in [4.69, 9.17) is 0 Å². The van der Waals surface area contributed by atoms with Gasteiger partial charge >= 0.3 is 0 Å². The van der Waals surface area contributed by atoms with Gasteiger partial charge in [-0.25, -0.2) is 4.98 Å². The van der Waals surface area contributed by atoms with E-state index in [1.807, 2.05) is 6.92 Å². The highest BCUT2D eigenvalue weighted by molar-refractivity contribution is 5.36. The molecule has 5 nitrogen and oxygen atoms in total. The molecule has 0 spiro atoms. The fraction of sp³-hybridized carbons (Fsp3) is 0.714. The Hall–Kier alpha value is -1.36. The molecule has 0 aromatic carbocycles. The van der Waals surface area contributed by atoms with E-state index in [0.717, 1.165) is 44.9 Å². The van der Waals surface area contributed by atoms with Gasteiger partial charge in [0.1, 0.15) is 0 Å². The Labute approximate surface area is 114 Å². The van der Waals surface area contributed by atoms with Crippen LogP contribution in [0, 0.1) is 5.92 Å². The van der Waals surface area contributed by atoms with Crippen molar-refractivity contribution in [3.8, 4) is 0 Å². The number of nitrogens with one attached hydrogen (secondary N) is 1. The maximum absolute atomic E-state index is 12.2. The number of anilines is 1.